The van der Waals surface area contributed by atoms with Crippen LogP contribution in [0.3, 0.4) is 0 Å². The van der Waals surface area contributed by atoms with Gasteiger partial charge in [-0.05, 0) is 39.4 Å². The van der Waals surface area contributed by atoms with Crippen molar-refractivity contribution in [3.05, 3.63) is 45.7 Å². The Labute approximate surface area is 137 Å². The molecule has 1 aromatic heterocycles. The molecule has 0 aliphatic heterocycles. The third-order valence-electron chi connectivity index (χ3n) is 3.76. The first-order valence-corrected chi connectivity index (χ1v) is 7.83. The lowest BCUT2D eigenvalue weighted by molar-refractivity contribution is 0.231. The van der Waals surface area contributed by atoms with Crippen LogP contribution in [-0.4, -0.2) is 34.9 Å². The van der Waals surface area contributed by atoms with Crippen molar-refractivity contribution in [2.24, 2.45) is 7.05 Å². The highest BCUT2D eigenvalue weighted by atomic mass is 35.5. The van der Waals surface area contributed by atoms with Gasteiger partial charge in [0.05, 0.1) is 5.69 Å². The number of halogens is 1. The van der Waals surface area contributed by atoms with Crippen LogP contribution in [0.1, 0.15) is 22.4 Å². The molecule has 0 unspecified atom stereocenters. The van der Waals surface area contributed by atoms with Gasteiger partial charge in [0, 0.05) is 25.7 Å². The van der Waals surface area contributed by atoms with Gasteiger partial charge in [-0.2, -0.15) is 5.10 Å². The minimum absolute atomic E-state index is 0.650. The Kier molecular flexibility index (Phi) is 5.48. The molecule has 0 saturated heterocycles. The van der Waals surface area contributed by atoms with Gasteiger partial charge >= 0.3 is 0 Å². The van der Waals surface area contributed by atoms with E-state index in [4.69, 9.17) is 16.3 Å². The van der Waals surface area contributed by atoms with Gasteiger partial charge in [0.15, 0.2) is 0 Å². The normalized spacial score (nSPS) is 11.2. The second kappa shape index (κ2) is 7.16. The summed E-state index contributed by atoms with van der Waals surface area (Å²) in [5.41, 5.74) is 4.49. The first-order valence-electron chi connectivity index (χ1n) is 7.45. The number of aromatic nitrogens is 2. The Balaban J connectivity index is 1.86. The largest absolute Gasteiger partial charge is 0.492 e. The average Bonchev–Trinajstić information content (AvgIpc) is 2.68. The van der Waals surface area contributed by atoms with E-state index < -0.39 is 0 Å². The summed E-state index contributed by atoms with van der Waals surface area (Å²) < 4.78 is 7.58. The van der Waals surface area contributed by atoms with Crippen molar-refractivity contribution in [1.29, 1.82) is 0 Å². The zero-order valence-electron chi connectivity index (χ0n) is 14.0. The van der Waals surface area contributed by atoms with Gasteiger partial charge in [0.2, 0.25) is 0 Å². The zero-order chi connectivity index (χ0) is 16.3. The highest BCUT2D eigenvalue weighted by Crippen LogP contribution is 2.21. The van der Waals surface area contributed by atoms with Gasteiger partial charge in [-0.3, -0.25) is 9.58 Å². The molecule has 120 valence electrons. The molecule has 2 aromatic rings. The van der Waals surface area contributed by atoms with Gasteiger partial charge in [0.25, 0.3) is 0 Å². The number of nitrogens with zero attached hydrogens (tertiary/aromatic N) is 3. The molecule has 0 radical (unpaired) electrons. The monoisotopic (exact) mass is 321 g/mol. The topological polar surface area (TPSA) is 30.3 Å². The molecule has 5 heteroatoms. The Bertz CT molecular complexity index is 652. The molecular formula is C17H24ClN3O. The van der Waals surface area contributed by atoms with Crippen LogP contribution in [0.25, 0.3) is 0 Å². The maximum atomic E-state index is 6.27. The van der Waals surface area contributed by atoms with Crippen LogP contribution < -0.4 is 4.74 Å². The quantitative estimate of drug-likeness (QED) is 0.815. The average molecular weight is 322 g/mol. The molecule has 0 aliphatic carbocycles. The van der Waals surface area contributed by atoms with Crippen molar-refractivity contribution in [1.82, 2.24) is 14.7 Å². The SMILES string of the molecule is Cc1ccc(OCCN(C)Cc2c(C)nn(C)c2Cl)c(C)c1. The summed E-state index contributed by atoms with van der Waals surface area (Å²) in [5, 5.41) is 5.05. The van der Waals surface area contributed by atoms with Crippen LogP contribution in [0.15, 0.2) is 18.2 Å². The molecule has 0 bridgehead atoms. The molecule has 22 heavy (non-hydrogen) atoms. The van der Waals surface area contributed by atoms with E-state index in [-0.39, 0.29) is 0 Å². The van der Waals surface area contributed by atoms with Crippen molar-refractivity contribution in [3.8, 4) is 5.75 Å². The summed E-state index contributed by atoms with van der Waals surface area (Å²) in [6, 6.07) is 6.25. The summed E-state index contributed by atoms with van der Waals surface area (Å²) in [5.74, 6) is 0.953. The molecule has 0 atom stereocenters. The summed E-state index contributed by atoms with van der Waals surface area (Å²) in [4.78, 5) is 2.19. The smallest absolute Gasteiger partial charge is 0.131 e. The Hall–Kier alpha value is -1.52. The Morgan fingerprint density at radius 1 is 1.27 bits per heavy atom. The van der Waals surface area contributed by atoms with E-state index in [0.29, 0.717) is 11.8 Å². The highest BCUT2D eigenvalue weighted by molar-refractivity contribution is 6.30. The second-order valence-corrected chi connectivity index (χ2v) is 6.19. The maximum Gasteiger partial charge on any atom is 0.131 e. The number of aryl methyl sites for hydroxylation is 4. The maximum absolute atomic E-state index is 6.27. The fourth-order valence-corrected chi connectivity index (χ4v) is 2.71. The van der Waals surface area contributed by atoms with E-state index in [2.05, 4.69) is 43.0 Å². The lowest BCUT2D eigenvalue weighted by atomic mass is 10.1. The van der Waals surface area contributed by atoms with Crippen molar-refractivity contribution in [2.45, 2.75) is 27.3 Å². The molecule has 0 saturated carbocycles. The van der Waals surface area contributed by atoms with E-state index in [1.54, 1.807) is 4.68 Å². The summed E-state index contributed by atoms with van der Waals surface area (Å²) in [6.07, 6.45) is 0. The van der Waals surface area contributed by atoms with Crippen LogP contribution in [0.2, 0.25) is 5.15 Å². The molecular weight excluding hydrogens is 298 g/mol. The van der Waals surface area contributed by atoms with Crippen molar-refractivity contribution < 1.29 is 4.74 Å². The zero-order valence-corrected chi connectivity index (χ0v) is 14.7. The fourth-order valence-electron chi connectivity index (χ4n) is 2.48. The number of benzene rings is 1. The summed E-state index contributed by atoms with van der Waals surface area (Å²) in [6.45, 7) is 8.40. The minimum atomic E-state index is 0.650. The lowest BCUT2D eigenvalue weighted by Gasteiger charge is -2.17. The molecule has 0 spiro atoms. The van der Waals surface area contributed by atoms with Gasteiger partial charge < -0.3 is 4.74 Å². The predicted octanol–water partition coefficient (Wildman–Crippen LogP) is 3.51. The van der Waals surface area contributed by atoms with E-state index >= 15 is 0 Å². The Morgan fingerprint density at radius 2 is 2.00 bits per heavy atom. The highest BCUT2D eigenvalue weighted by Gasteiger charge is 2.13. The first kappa shape index (κ1) is 16.8. The number of rotatable bonds is 6. The second-order valence-electron chi connectivity index (χ2n) is 5.83. The molecule has 1 heterocycles. The predicted molar refractivity (Wildman–Crippen MR) is 90.7 cm³/mol. The molecule has 0 fully saturated rings. The van der Waals surface area contributed by atoms with Gasteiger partial charge in [-0.15, -0.1) is 0 Å². The van der Waals surface area contributed by atoms with Crippen molar-refractivity contribution in [3.63, 3.8) is 0 Å². The lowest BCUT2D eigenvalue weighted by Crippen LogP contribution is -2.24. The number of hydrogen-bond donors (Lipinski definition) is 0. The molecule has 0 aliphatic rings. The number of ether oxygens (including phenoxy) is 1. The van der Waals surface area contributed by atoms with Crippen LogP contribution >= 0.6 is 11.6 Å². The molecule has 1 aromatic carbocycles. The molecule has 0 N–H and O–H groups in total. The minimum Gasteiger partial charge on any atom is -0.492 e. The van der Waals surface area contributed by atoms with Crippen molar-refractivity contribution in [2.75, 3.05) is 20.2 Å². The standard InChI is InChI=1S/C17H24ClN3O/c1-12-6-7-16(13(2)10-12)22-9-8-20(4)11-15-14(3)19-21(5)17(15)18/h6-7,10H,8-9,11H2,1-5H3. The van der Waals surface area contributed by atoms with Gasteiger partial charge in [-0.1, -0.05) is 29.3 Å². The van der Waals surface area contributed by atoms with Gasteiger partial charge in [0.1, 0.15) is 17.5 Å². The molecule has 4 nitrogen and oxygen atoms in total. The van der Waals surface area contributed by atoms with Crippen LogP contribution in [0.5, 0.6) is 5.75 Å². The van der Waals surface area contributed by atoms with E-state index in [9.17, 15) is 0 Å². The van der Waals surface area contributed by atoms with E-state index in [1.807, 2.05) is 20.0 Å². The third kappa shape index (κ3) is 4.02. The number of hydrogen-bond acceptors (Lipinski definition) is 3. The van der Waals surface area contributed by atoms with Crippen LogP contribution in [0, 0.1) is 20.8 Å². The fraction of sp³-hybridized carbons (Fsp3) is 0.471. The van der Waals surface area contributed by atoms with E-state index in [1.165, 1.54) is 11.1 Å². The van der Waals surface area contributed by atoms with Crippen molar-refractivity contribution >= 4 is 11.6 Å². The van der Waals surface area contributed by atoms with E-state index in [0.717, 1.165) is 30.1 Å². The third-order valence-corrected chi connectivity index (χ3v) is 4.23. The van der Waals surface area contributed by atoms with Crippen LogP contribution in [0.4, 0.5) is 0 Å². The summed E-state index contributed by atoms with van der Waals surface area (Å²) >= 11 is 6.27. The Morgan fingerprint density at radius 3 is 2.59 bits per heavy atom. The molecule has 0 amide bonds. The summed E-state index contributed by atoms with van der Waals surface area (Å²) in [7, 11) is 3.93. The first-order chi connectivity index (χ1) is 10.4. The van der Waals surface area contributed by atoms with Crippen LogP contribution in [-0.2, 0) is 13.6 Å². The number of likely N-dealkylation sites (N-methyl/N-ethyl adjacent to an activating group) is 1. The van der Waals surface area contributed by atoms with Gasteiger partial charge in [-0.25, -0.2) is 0 Å². The molecule has 2 rings (SSSR count).